The number of nitrogens with zero attached hydrogens (tertiary/aromatic N) is 5. The molecule has 0 N–H and O–H groups in total. The van der Waals surface area contributed by atoms with Crippen molar-refractivity contribution in [1.82, 2.24) is 24.8 Å². The van der Waals surface area contributed by atoms with E-state index in [-0.39, 0.29) is 5.41 Å². The molecule has 1 atom stereocenters. The Morgan fingerprint density at radius 1 is 1.36 bits per heavy atom. The summed E-state index contributed by atoms with van der Waals surface area (Å²) in [7, 11) is 0. The van der Waals surface area contributed by atoms with Crippen molar-refractivity contribution < 1.29 is 4.52 Å². The maximum atomic E-state index is 5.39. The molecule has 2 aromatic rings. The lowest BCUT2D eigenvalue weighted by atomic mass is 9.97. The second kappa shape index (κ2) is 5.83. The number of rotatable bonds is 4. The highest BCUT2D eigenvalue weighted by Gasteiger charge is 2.28. The lowest BCUT2D eigenvalue weighted by Crippen LogP contribution is -2.33. The Morgan fingerprint density at radius 2 is 2.18 bits per heavy atom. The lowest BCUT2D eigenvalue weighted by molar-refractivity contribution is 0.211. The average molecular weight is 303 g/mol. The topological polar surface area (TPSA) is 60.0 Å². The van der Waals surface area contributed by atoms with E-state index < -0.39 is 0 Å². The van der Waals surface area contributed by atoms with E-state index in [1.807, 2.05) is 10.9 Å². The Bertz CT molecular complexity index is 625. The highest BCUT2D eigenvalue weighted by Crippen LogP contribution is 2.23. The van der Waals surface area contributed by atoms with Gasteiger partial charge in [-0.3, -0.25) is 9.58 Å². The van der Waals surface area contributed by atoms with Crippen molar-refractivity contribution in [2.45, 2.75) is 65.1 Å². The molecule has 3 rings (SSSR count). The van der Waals surface area contributed by atoms with E-state index in [1.165, 1.54) is 18.4 Å². The highest BCUT2D eigenvalue weighted by molar-refractivity contribution is 5.01. The molecular weight excluding hydrogens is 278 g/mol. The van der Waals surface area contributed by atoms with Gasteiger partial charge in [-0.25, -0.2) is 0 Å². The van der Waals surface area contributed by atoms with Gasteiger partial charge in [0.05, 0.1) is 19.3 Å². The molecule has 0 aromatic carbocycles. The fourth-order valence-corrected chi connectivity index (χ4v) is 2.90. The van der Waals surface area contributed by atoms with Crippen molar-refractivity contribution in [3.63, 3.8) is 0 Å². The first-order chi connectivity index (χ1) is 10.4. The molecule has 0 saturated carbocycles. The third-order valence-electron chi connectivity index (χ3n) is 4.11. The van der Waals surface area contributed by atoms with Crippen molar-refractivity contribution in [2.75, 3.05) is 6.54 Å². The van der Waals surface area contributed by atoms with Crippen LogP contribution < -0.4 is 0 Å². The number of hydrogen-bond donors (Lipinski definition) is 0. The van der Waals surface area contributed by atoms with Gasteiger partial charge >= 0.3 is 0 Å². The average Bonchev–Trinajstić information content (AvgIpc) is 3.13. The second-order valence-electron chi connectivity index (χ2n) is 7.27. The molecule has 6 heteroatoms. The van der Waals surface area contributed by atoms with Gasteiger partial charge in [-0.2, -0.15) is 10.1 Å². The molecule has 1 saturated heterocycles. The lowest BCUT2D eigenvalue weighted by Gasteiger charge is -2.22. The molecule has 2 aromatic heterocycles. The van der Waals surface area contributed by atoms with Gasteiger partial charge < -0.3 is 4.52 Å². The summed E-state index contributed by atoms with van der Waals surface area (Å²) in [5.41, 5.74) is 1.11. The Labute approximate surface area is 131 Å². The van der Waals surface area contributed by atoms with E-state index in [1.54, 1.807) is 0 Å². The van der Waals surface area contributed by atoms with Crippen LogP contribution in [0.25, 0.3) is 0 Å². The number of likely N-dealkylation sites (tertiary alicyclic amines) is 1. The molecule has 0 unspecified atom stereocenters. The fourth-order valence-electron chi connectivity index (χ4n) is 2.90. The van der Waals surface area contributed by atoms with E-state index >= 15 is 0 Å². The molecule has 1 fully saturated rings. The van der Waals surface area contributed by atoms with Gasteiger partial charge in [0.15, 0.2) is 5.82 Å². The molecule has 0 bridgehead atoms. The predicted molar refractivity (Wildman–Crippen MR) is 83.4 cm³/mol. The zero-order valence-corrected chi connectivity index (χ0v) is 13.9. The minimum atomic E-state index is -0.0950. The van der Waals surface area contributed by atoms with E-state index in [9.17, 15) is 0 Å². The van der Waals surface area contributed by atoms with Gasteiger partial charge in [0.2, 0.25) is 5.89 Å². The van der Waals surface area contributed by atoms with Crippen LogP contribution in [0.15, 0.2) is 16.9 Å². The van der Waals surface area contributed by atoms with Crippen molar-refractivity contribution in [2.24, 2.45) is 0 Å². The zero-order valence-electron chi connectivity index (χ0n) is 13.9. The van der Waals surface area contributed by atoms with Gasteiger partial charge in [0.25, 0.3) is 0 Å². The summed E-state index contributed by atoms with van der Waals surface area (Å²) in [5, 5.41) is 8.54. The Balaban J connectivity index is 1.65. The third-order valence-corrected chi connectivity index (χ3v) is 4.11. The molecule has 3 heterocycles. The van der Waals surface area contributed by atoms with Gasteiger partial charge in [0, 0.05) is 17.7 Å². The van der Waals surface area contributed by atoms with Crippen molar-refractivity contribution in [3.8, 4) is 0 Å². The molecule has 0 amide bonds. The molecule has 22 heavy (non-hydrogen) atoms. The summed E-state index contributed by atoms with van der Waals surface area (Å²) in [4.78, 5) is 6.99. The van der Waals surface area contributed by atoms with Crippen molar-refractivity contribution in [3.05, 3.63) is 29.7 Å². The first-order valence-electron chi connectivity index (χ1n) is 7.98. The van der Waals surface area contributed by atoms with Gasteiger partial charge in [-0.05, 0) is 31.9 Å². The normalized spacial score (nSPS) is 19.9. The molecule has 0 radical (unpaired) electrons. The van der Waals surface area contributed by atoms with E-state index in [0.29, 0.717) is 11.9 Å². The Morgan fingerprint density at radius 3 is 2.82 bits per heavy atom. The molecule has 1 aliphatic heterocycles. The van der Waals surface area contributed by atoms with Crippen molar-refractivity contribution in [1.29, 1.82) is 0 Å². The standard InChI is InChI=1S/C16H25N5O/c1-12-8-17-21(9-12)10-13-6-5-7-20(13)11-14-18-15(22-19-14)16(2,3)4/h8-9,13H,5-7,10-11H2,1-4H3/t13-/m1/s1. The first kappa shape index (κ1) is 15.2. The fraction of sp³-hybridized carbons (Fsp3) is 0.688. The van der Waals surface area contributed by atoms with Gasteiger partial charge in [-0.1, -0.05) is 25.9 Å². The second-order valence-corrected chi connectivity index (χ2v) is 7.27. The van der Waals surface area contributed by atoms with Crippen LogP contribution in [0.3, 0.4) is 0 Å². The number of aryl methyl sites for hydroxylation is 1. The summed E-state index contributed by atoms with van der Waals surface area (Å²) in [6.45, 7) is 11.1. The Hall–Kier alpha value is -1.69. The minimum absolute atomic E-state index is 0.0950. The summed E-state index contributed by atoms with van der Waals surface area (Å²) < 4.78 is 7.43. The van der Waals surface area contributed by atoms with Crippen LogP contribution in [0.5, 0.6) is 0 Å². The number of hydrogen-bond acceptors (Lipinski definition) is 5. The van der Waals surface area contributed by atoms with Crippen molar-refractivity contribution >= 4 is 0 Å². The van der Waals surface area contributed by atoms with E-state index in [2.05, 4.69) is 54.0 Å². The third kappa shape index (κ3) is 3.38. The minimum Gasteiger partial charge on any atom is -0.339 e. The molecular formula is C16H25N5O. The smallest absolute Gasteiger partial charge is 0.232 e. The van der Waals surface area contributed by atoms with Crippen LogP contribution in [-0.2, 0) is 18.5 Å². The van der Waals surface area contributed by atoms with E-state index in [4.69, 9.17) is 4.52 Å². The van der Waals surface area contributed by atoms with Crippen LogP contribution in [0.1, 0.15) is 50.9 Å². The summed E-state index contributed by atoms with van der Waals surface area (Å²) >= 11 is 0. The van der Waals surface area contributed by atoms with Crippen LogP contribution in [0.4, 0.5) is 0 Å². The molecule has 0 spiro atoms. The maximum absolute atomic E-state index is 5.39. The maximum Gasteiger partial charge on any atom is 0.232 e. The van der Waals surface area contributed by atoms with Crippen LogP contribution >= 0.6 is 0 Å². The van der Waals surface area contributed by atoms with Gasteiger partial charge in [0.1, 0.15) is 0 Å². The monoisotopic (exact) mass is 303 g/mol. The van der Waals surface area contributed by atoms with Crippen LogP contribution in [0, 0.1) is 6.92 Å². The van der Waals surface area contributed by atoms with Gasteiger partial charge in [-0.15, -0.1) is 0 Å². The summed E-state index contributed by atoms with van der Waals surface area (Å²) in [5.74, 6) is 1.49. The molecule has 120 valence electrons. The summed E-state index contributed by atoms with van der Waals surface area (Å²) in [6, 6.07) is 0.496. The zero-order chi connectivity index (χ0) is 15.7. The largest absolute Gasteiger partial charge is 0.339 e. The Kier molecular flexibility index (Phi) is 4.04. The van der Waals surface area contributed by atoms with Crippen LogP contribution in [0.2, 0.25) is 0 Å². The summed E-state index contributed by atoms with van der Waals surface area (Å²) in [6.07, 6.45) is 6.43. The molecule has 0 aliphatic carbocycles. The number of aromatic nitrogens is 4. The SMILES string of the molecule is Cc1cnn(C[C@H]2CCCN2Cc2noc(C(C)(C)C)n2)c1. The molecule has 1 aliphatic rings. The van der Waals surface area contributed by atoms with Crippen LogP contribution in [-0.4, -0.2) is 37.4 Å². The molecule has 6 nitrogen and oxygen atoms in total. The first-order valence-corrected chi connectivity index (χ1v) is 7.98. The highest BCUT2D eigenvalue weighted by atomic mass is 16.5. The predicted octanol–water partition coefficient (Wildman–Crippen LogP) is 2.54. The quantitative estimate of drug-likeness (QED) is 0.868. The van der Waals surface area contributed by atoms with E-state index in [0.717, 1.165) is 25.5 Å².